The number of aromatic nitrogens is 4. The second-order valence-corrected chi connectivity index (χ2v) is 5.76. The molecule has 0 saturated carbocycles. The van der Waals surface area contributed by atoms with E-state index >= 15 is 0 Å². The lowest BCUT2D eigenvalue weighted by molar-refractivity contribution is 0.0695. The highest BCUT2D eigenvalue weighted by Crippen LogP contribution is 2.26. The number of amides is 1. The van der Waals surface area contributed by atoms with E-state index in [1.165, 1.54) is 0 Å². The molecule has 1 fully saturated rings. The van der Waals surface area contributed by atoms with Crippen molar-refractivity contribution in [2.75, 3.05) is 18.8 Å². The highest BCUT2D eigenvalue weighted by Gasteiger charge is 2.28. The van der Waals surface area contributed by atoms with Gasteiger partial charge in [-0.1, -0.05) is 11.6 Å². The fraction of sp³-hybridized carbons (Fsp3) is 0.462. The highest BCUT2D eigenvalue weighted by atomic mass is 35.5. The van der Waals surface area contributed by atoms with E-state index in [4.69, 9.17) is 17.3 Å². The van der Waals surface area contributed by atoms with Crippen LogP contribution in [0, 0.1) is 0 Å². The number of nitrogens with one attached hydrogen (secondary N) is 1. The number of H-pyrrole nitrogens is 1. The molecule has 7 nitrogen and oxygen atoms in total. The van der Waals surface area contributed by atoms with Gasteiger partial charge in [-0.05, 0) is 18.9 Å². The molecule has 3 rings (SSSR count). The standard InChI is InChI=1S/C13H17ClN6O/c1-19-7-9(14)5-10(19)12(21)20-4-2-3-8(6-20)11-16-13(15)18-17-11/h5,7-8H,2-4,6H2,1H3,(H3,15,16,17,18)/t8-/m0/s1. The molecule has 3 heterocycles. The summed E-state index contributed by atoms with van der Waals surface area (Å²) >= 11 is 5.95. The van der Waals surface area contributed by atoms with Gasteiger partial charge in [0.1, 0.15) is 11.5 Å². The Labute approximate surface area is 127 Å². The molecule has 0 bridgehead atoms. The number of rotatable bonds is 2. The average molecular weight is 309 g/mol. The number of carbonyl (C=O) groups is 1. The molecule has 0 aliphatic carbocycles. The molecule has 2 aromatic heterocycles. The molecule has 0 radical (unpaired) electrons. The number of halogens is 1. The summed E-state index contributed by atoms with van der Waals surface area (Å²) in [5.41, 5.74) is 6.14. The Kier molecular flexibility index (Phi) is 3.59. The summed E-state index contributed by atoms with van der Waals surface area (Å²) in [6.07, 6.45) is 3.62. The van der Waals surface area contributed by atoms with E-state index in [0.717, 1.165) is 25.2 Å². The monoisotopic (exact) mass is 308 g/mol. The lowest BCUT2D eigenvalue weighted by Gasteiger charge is -2.31. The summed E-state index contributed by atoms with van der Waals surface area (Å²) in [6.45, 7) is 1.35. The molecule has 1 aliphatic heterocycles. The summed E-state index contributed by atoms with van der Waals surface area (Å²) in [5.74, 6) is 1.11. The Morgan fingerprint density at radius 2 is 2.38 bits per heavy atom. The SMILES string of the molecule is Cn1cc(Cl)cc1C(=O)N1CCC[C@H](c2nc(N)n[nH]2)C1. The summed E-state index contributed by atoms with van der Waals surface area (Å²) in [7, 11) is 1.82. The van der Waals surface area contributed by atoms with Crippen LogP contribution in [0.1, 0.15) is 35.1 Å². The number of nitrogens with zero attached hydrogens (tertiary/aromatic N) is 4. The van der Waals surface area contributed by atoms with Gasteiger partial charge >= 0.3 is 0 Å². The van der Waals surface area contributed by atoms with Gasteiger partial charge in [0.15, 0.2) is 0 Å². The first-order valence-electron chi connectivity index (χ1n) is 6.83. The van der Waals surface area contributed by atoms with Gasteiger partial charge in [-0.15, -0.1) is 5.10 Å². The molecule has 0 aromatic carbocycles. The van der Waals surface area contributed by atoms with Crippen LogP contribution in [0.15, 0.2) is 12.3 Å². The van der Waals surface area contributed by atoms with Crippen LogP contribution in [0.25, 0.3) is 0 Å². The Morgan fingerprint density at radius 3 is 3.00 bits per heavy atom. The molecule has 1 saturated heterocycles. The van der Waals surface area contributed by atoms with Crippen LogP contribution in [0.4, 0.5) is 5.95 Å². The van der Waals surface area contributed by atoms with Crippen molar-refractivity contribution < 1.29 is 4.79 Å². The average Bonchev–Trinajstić information content (AvgIpc) is 3.04. The van der Waals surface area contributed by atoms with E-state index in [-0.39, 0.29) is 17.8 Å². The van der Waals surface area contributed by atoms with E-state index in [2.05, 4.69) is 15.2 Å². The molecular formula is C13H17ClN6O. The first-order valence-corrected chi connectivity index (χ1v) is 7.21. The van der Waals surface area contributed by atoms with Crippen LogP contribution >= 0.6 is 11.6 Å². The second-order valence-electron chi connectivity index (χ2n) is 5.32. The molecule has 1 amide bonds. The number of nitrogens with two attached hydrogens (primary N) is 1. The molecule has 0 spiro atoms. The van der Waals surface area contributed by atoms with Crippen molar-refractivity contribution in [3.63, 3.8) is 0 Å². The molecule has 21 heavy (non-hydrogen) atoms. The van der Waals surface area contributed by atoms with Gasteiger partial charge in [-0.3, -0.25) is 9.89 Å². The summed E-state index contributed by atoms with van der Waals surface area (Å²) in [4.78, 5) is 18.6. The molecule has 1 atom stereocenters. The quantitative estimate of drug-likeness (QED) is 0.877. The minimum absolute atomic E-state index is 0.0124. The van der Waals surface area contributed by atoms with Crippen LogP contribution in [0.5, 0.6) is 0 Å². The van der Waals surface area contributed by atoms with E-state index in [0.29, 0.717) is 17.3 Å². The maximum absolute atomic E-state index is 12.6. The van der Waals surface area contributed by atoms with Crippen molar-refractivity contribution in [3.05, 3.63) is 28.8 Å². The number of anilines is 1. The zero-order valence-electron chi connectivity index (χ0n) is 11.7. The smallest absolute Gasteiger partial charge is 0.270 e. The largest absolute Gasteiger partial charge is 0.367 e. The predicted molar refractivity (Wildman–Crippen MR) is 79.1 cm³/mol. The fourth-order valence-electron chi connectivity index (χ4n) is 2.75. The molecule has 2 aromatic rings. The van der Waals surface area contributed by atoms with Crippen molar-refractivity contribution in [2.45, 2.75) is 18.8 Å². The van der Waals surface area contributed by atoms with Gasteiger partial charge in [-0.25, -0.2) is 0 Å². The van der Waals surface area contributed by atoms with Crippen molar-refractivity contribution in [3.8, 4) is 0 Å². The number of aryl methyl sites for hydroxylation is 1. The third-order valence-electron chi connectivity index (χ3n) is 3.81. The maximum Gasteiger partial charge on any atom is 0.270 e. The molecule has 0 unspecified atom stereocenters. The number of piperidine rings is 1. The number of hydrogen-bond acceptors (Lipinski definition) is 4. The Bertz CT molecular complexity index is 663. The number of carbonyl (C=O) groups excluding carboxylic acids is 1. The van der Waals surface area contributed by atoms with Gasteiger partial charge in [0.25, 0.3) is 5.91 Å². The normalized spacial score (nSPS) is 19.0. The fourth-order valence-corrected chi connectivity index (χ4v) is 3.00. The van der Waals surface area contributed by atoms with Crippen LogP contribution in [0.2, 0.25) is 5.02 Å². The summed E-state index contributed by atoms with van der Waals surface area (Å²) in [5, 5.41) is 7.26. The lowest BCUT2D eigenvalue weighted by Crippen LogP contribution is -2.40. The van der Waals surface area contributed by atoms with Gasteiger partial charge in [0.05, 0.1) is 5.02 Å². The number of nitrogen functional groups attached to an aromatic ring is 1. The van der Waals surface area contributed by atoms with Crippen molar-refractivity contribution in [1.29, 1.82) is 0 Å². The topological polar surface area (TPSA) is 92.8 Å². The van der Waals surface area contributed by atoms with E-state index in [9.17, 15) is 4.79 Å². The van der Waals surface area contributed by atoms with Gasteiger partial charge in [0.2, 0.25) is 5.95 Å². The molecule has 112 valence electrons. The Morgan fingerprint density at radius 1 is 1.57 bits per heavy atom. The van der Waals surface area contributed by atoms with Crippen LogP contribution in [0.3, 0.4) is 0 Å². The number of hydrogen-bond donors (Lipinski definition) is 2. The number of aromatic amines is 1. The summed E-state index contributed by atoms with van der Waals surface area (Å²) < 4.78 is 1.75. The van der Waals surface area contributed by atoms with Crippen LogP contribution < -0.4 is 5.73 Å². The minimum atomic E-state index is -0.0124. The molecule has 3 N–H and O–H groups in total. The second kappa shape index (κ2) is 5.40. The Balaban J connectivity index is 1.77. The van der Waals surface area contributed by atoms with Gasteiger partial charge in [-0.2, -0.15) is 4.98 Å². The zero-order valence-corrected chi connectivity index (χ0v) is 12.5. The van der Waals surface area contributed by atoms with E-state index < -0.39 is 0 Å². The van der Waals surface area contributed by atoms with E-state index in [1.54, 1.807) is 16.8 Å². The van der Waals surface area contributed by atoms with Gasteiger partial charge < -0.3 is 15.2 Å². The zero-order chi connectivity index (χ0) is 15.0. The molecule has 1 aliphatic rings. The summed E-state index contributed by atoms with van der Waals surface area (Å²) in [6, 6.07) is 1.69. The first kappa shape index (κ1) is 13.9. The van der Waals surface area contributed by atoms with Crippen molar-refractivity contribution in [1.82, 2.24) is 24.6 Å². The molecular weight excluding hydrogens is 292 g/mol. The first-order chi connectivity index (χ1) is 10.0. The third kappa shape index (κ3) is 2.73. The highest BCUT2D eigenvalue weighted by molar-refractivity contribution is 6.31. The van der Waals surface area contributed by atoms with Crippen LogP contribution in [-0.2, 0) is 7.05 Å². The van der Waals surface area contributed by atoms with Gasteiger partial charge in [0, 0.05) is 32.3 Å². The lowest BCUT2D eigenvalue weighted by atomic mass is 9.97. The Hall–Kier alpha value is -2.02. The van der Waals surface area contributed by atoms with Crippen LogP contribution in [-0.4, -0.2) is 43.6 Å². The van der Waals surface area contributed by atoms with Crippen molar-refractivity contribution >= 4 is 23.5 Å². The minimum Gasteiger partial charge on any atom is -0.367 e. The van der Waals surface area contributed by atoms with E-state index in [1.807, 2.05) is 11.9 Å². The number of likely N-dealkylation sites (tertiary alicyclic amines) is 1. The predicted octanol–water partition coefficient (Wildman–Crippen LogP) is 1.40. The maximum atomic E-state index is 12.6. The van der Waals surface area contributed by atoms with Crippen molar-refractivity contribution in [2.24, 2.45) is 7.05 Å². The third-order valence-corrected chi connectivity index (χ3v) is 4.01. The molecule has 8 heteroatoms.